The molecule has 0 spiro atoms. The van der Waals surface area contributed by atoms with E-state index in [4.69, 9.17) is 5.14 Å². The minimum atomic E-state index is -3.33. The third kappa shape index (κ3) is 7.10. The Kier molecular flexibility index (Phi) is 6.28. The highest BCUT2D eigenvalue weighted by atomic mass is 32.2. The van der Waals surface area contributed by atoms with Gasteiger partial charge >= 0.3 is 0 Å². The number of likely N-dealkylation sites (tertiary alicyclic amines) is 1. The highest BCUT2D eigenvalue weighted by molar-refractivity contribution is 7.89. The molecule has 106 valence electrons. The second kappa shape index (κ2) is 7.23. The van der Waals surface area contributed by atoms with E-state index in [0.717, 1.165) is 32.5 Å². The number of primary sulfonamides is 1. The summed E-state index contributed by atoms with van der Waals surface area (Å²) in [5.74, 6) is 0.0188. The fourth-order valence-corrected chi connectivity index (χ4v) is 2.44. The maximum atomic E-state index is 10.8. The molecule has 0 aliphatic carbocycles. The molecule has 0 unspecified atom stereocenters. The van der Waals surface area contributed by atoms with Gasteiger partial charge in [0, 0.05) is 19.1 Å². The second-order valence-electron chi connectivity index (χ2n) is 5.18. The minimum Gasteiger partial charge on any atom is -0.313 e. The molecule has 0 aromatic carbocycles. The Morgan fingerprint density at radius 3 is 2.50 bits per heavy atom. The number of allylic oxidation sites excluding steroid dienone is 1. The van der Waals surface area contributed by atoms with E-state index >= 15 is 0 Å². The molecular formula is C12H25N3O2S. The molecule has 6 heteroatoms. The maximum Gasteiger partial charge on any atom is 0.210 e. The molecule has 3 N–H and O–H groups in total. The van der Waals surface area contributed by atoms with Crippen LogP contribution in [0.1, 0.15) is 26.7 Å². The van der Waals surface area contributed by atoms with Gasteiger partial charge in [-0.15, -0.1) is 0 Å². The van der Waals surface area contributed by atoms with Crippen molar-refractivity contribution in [2.45, 2.75) is 32.7 Å². The highest BCUT2D eigenvalue weighted by Crippen LogP contribution is 2.10. The lowest BCUT2D eigenvalue weighted by Crippen LogP contribution is -2.44. The Bertz CT molecular complexity index is 367. The van der Waals surface area contributed by atoms with E-state index < -0.39 is 10.0 Å². The predicted octanol–water partition coefficient (Wildman–Crippen LogP) is 0.295. The van der Waals surface area contributed by atoms with Gasteiger partial charge in [0.1, 0.15) is 0 Å². The molecule has 5 nitrogen and oxygen atoms in total. The number of hydrogen-bond donors (Lipinski definition) is 2. The first-order valence-electron chi connectivity index (χ1n) is 6.46. The lowest BCUT2D eigenvalue weighted by atomic mass is 10.1. The highest BCUT2D eigenvalue weighted by Gasteiger charge is 2.18. The molecule has 0 amide bonds. The summed E-state index contributed by atoms with van der Waals surface area (Å²) in [7, 11) is -3.33. The maximum absolute atomic E-state index is 10.8. The molecule has 1 saturated heterocycles. The molecular weight excluding hydrogens is 250 g/mol. The smallest absolute Gasteiger partial charge is 0.210 e. The fraction of sp³-hybridized carbons (Fsp3) is 0.833. The van der Waals surface area contributed by atoms with Crippen LogP contribution in [0, 0.1) is 0 Å². The normalized spacial score (nSPS) is 18.8. The van der Waals surface area contributed by atoms with Crippen molar-refractivity contribution in [2.24, 2.45) is 5.14 Å². The number of piperidine rings is 1. The summed E-state index contributed by atoms with van der Waals surface area (Å²) in [6.45, 7) is 7.83. The van der Waals surface area contributed by atoms with Gasteiger partial charge in [-0.3, -0.25) is 4.90 Å². The van der Waals surface area contributed by atoms with Crippen LogP contribution < -0.4 is 10.5 Å². The third-order valence-corrected chi connectivity index (χ3v) is 3.94. The van der Waals surface area contributed by atoms with Crippen molar-refractivity contribution in [2.75, 3.05) is 31.9 Å². The van der Waals surface area contributed by atoms with Crippen LogP contribution in [0.3, 0.4) is 0 Å². The van der Waals surface area contributed by atoms with Gasteiger partial charge in [0.15, 0.2) is 0 Å². The van der Waals surface area contributed by atoms with Crippen LogP contribution in [0.2, 0.25) is 0 Å². The van der Waals surface area contributed by atoms with E-state index in [0.29, 0.717) is 12.6 Å². The summed E-state index contributed by atoms with van der Waals surface area (Å²) < 4.78 is 21.6. The number of nitrogens with zero attached hydrogens (tertiary/aromatic N) is 1. The molecule has 0 aromatic heterocycles. The molecule has 18 heavy (non-hydrogen) atoms. The van der Waals surface area contributed by atoms with Crippen LogP contribution in [0.5, 0.6) is 0 Å². The van der Waals surface area contributed by atoms with Crippen LogP contribution in [0.15, 0.2) is 11.6 Å². The van der Waals surface area contributed by atoms with E-state index in [2.05, 4.69) is 30.1 Å². The number of rotatable bonds is 6. The monoisotopic (exact) mass is 275 g/mol. The van der Waals surface area contributed by atoms with Crippen molar-refractivity contribution in [3.63, 3.8) is 0 Å². The first-order valence-corrected chi connectivity index (χ1v) is 8.18. The lowest BCUT2D eigenvalue weighted by molar-refractivity contribution is 0.216. The van der Waals surface area contributed by atoms with Gasteiger partial charge < -0.3 is 5.32 Å². The average molecular weight is 275 g/mol. The SMILES string of the molecule is CC(C)=CCN1CCC(NCCS(N)(=O)=O)CC1. The molecule has 0 atom stereocenters. The lowest BCUT2D eigenvalue weighted by Gasteiger charge is -2.31. The number of nitrogens with two attached hydrogens (primary N) is 1. The first-order chi connectivity index (χ1) is 8.37. The van der Waals surface area contributed by atoms with Crippen LogP contribution in [0.25, 0.3) is 0 Å². The van der Waals surface area contributed by atoms with Gasteiger partial charge in [-0.2, -0.15) is 0 Å². The molecule has 1 heterocycles. The van der Waals surface area contributed by atoms with Crippen molar-refractivity contribution < 1.29 is 8.42 Å². The van der Waals surface area contributed by atoms with Crippen molar-refractivity contribution in [1.29, 1.82) is 0 Å². The molecule has 0 aromatic rings. The molecule has 1 fully saturated rings. The topological polar surface area (TPSA) is 75.4 Å². The van der Waals surface area contributed by atoms with Gasteiger partial charge in [0.25, 0.3) is 0 Å². The van der Waals surface area contributed by atoms with E-state index in [1.165, 1.54) is 5.57 Å². The van der Waals surface area contributed by atoms with Gasteiger partial charge in [0.2, 0.25) is 10.0 Å². The quantitative estimate of drug-likeness (QED) is 0.684. The molecule has 0 bridgehead atoms. The summed E-state index contributed by atoms with van der Waals surface area (Å²) in [6.07, 6.45) is 4.39. The summed E-state index contributed by atoms with van der Waals surface area (Å²) in [5, 5.41) is 8.22. The van der Waals surface area contributed by atoms with Crippen LogP contribution >= 0.6 is 0 Å². The Balaban J connectivity index is 2.17. The van der Waals surface area contributed by atoms with Gasteiger partial charge in [-0.1, -0.05) is 11.6 Å². The Labute approximate surface area is 110 Å². The van der Waals surface area contributed by atoms with Crippen molar-refractivity contribution >= 4 is 10.0 Å². The Hall–Kier alpha value is -0.430. The molecule has 1 aliphatic rings. The zero-order valence-corrected chi connectivity index (χ0v) is 12.2. The molecule has 0 saturated carbocycles. The zero-order chi connectivity index (χ0) is 13.6. The number of nitrogens with one attached hydrogen (secondary N) is 1. The van der Waals surface area contributed by atoms with Crippen molar-refractivity contribution in [3.8, 4) is 0 Å². The van der Waals surface area contributed by atoms with Gasteiger partial charge in [-0.05, 0) is 39.8 Å². The standard InChI is InChI=1S/C12H25N3O2S/c1-11(2)3-7-15-8-4-12(5-9-15)14-6-10-18(13,16)17/h3,12,14H,4-10H2,1-2H3,(H2,13,16,17). The summed E-state index contributed by atoms with van der Waals surface area (Å²) in [6, 6.07) is 0.426. The second-order valence-corrected chi connectivity index (χ2v) is 6.91. The van der Waals surface area contributed by atoms with Crippen molar-refractivity contribution in [3.05, 3.63) is 11.6 Å². The van der Waals surface area contributed by atoms with Gasteiger partial charge in [-0.25, -0.2) is 13.6 Å². The fourth-order valence-electron chi connectivity index (χ4n) is 2.04. The summed E-state index contributed by atoms with van der Waals surface area (Å²) in [5.41, 5.74) is 1.35. The Morgan fingerprint density at radius 1 is 1.39 bits per heavy atom. The average Bonchev–Trinajstić information content (AvgIpc) is 2.26. The van der Waals surface area contributed by atoms with Crippen LogP contribution in [-0.4, -0.2) is 51.3 Å². The summed E-state index contributed by atoms with van der Waals surface area (Å²) >= 11 is 0. The first kappa shape index (κ1) is 15.6. The third-order valence-electron chi connectivity index (χ3n) is 3.16. The number of sulfonamides is 1. The number of hydrogen-bond acceptors (Lipinski definition) is 4. The van der Waals surface area contributed by atoms with E-state index in [1.54, 1.807) is 0 Å². The van der Waals surface area contributed by atoms with E-state index in [1.807, 2.05) is 0 Å². The zero-order valence-electron chi connectivity index (χ0n) is 11.4. The molecule has 0 radical (unpaired) electrons. The van der Waals surface area contributed by atoms with Crippen molar-refractivity contribution in [1.82, 2.24) is 10.2 Å². The largest absolute Gasteiger partial charge is 0.313 e. The predicted molar refractivity (Wildman–Crippen MR) is 74.9 cm³/mol. The van der Waals surface area contributed by atoms with Crippen LogP contribution in [-0.2, 0) is 10.0 Å². The summed E-state index contributed by atoms with van der Waals surface area (Å²) in [4.78, 5) is 2.42. The Morgan fingerprint density at radius 2 is 2.00 bits per heavy atom. The minimum absolute atomic E-state index is 0.0188. The van der Waals surface area contributed by atoms with Gasteiger partial charge in [0.05, 0.1) is 5.75 Å². The molecule has 1 aliphatic heterocycles. The van der Waals surface area contributed by atoms with Crippen LogP contribution in [0.4, 0.5) is 0 Å². The molecule has 1 rings (SSSR count). The van der Waals surface area contributed by atoms with E-state index in [9.17, 15) is 8.42 Å². The van der Waals surface area contributed by atoms with E-state index in [-0.39, 0.29) is 5.75 Å².